The third-order valence-electron chi connectivity index (χ3n) is 3.07. The van der Waals surface area contributed by atoms with Gasteiger partial charge in [-0.1, -0.05) is 11.6 Å². The highest BCUT2D eigenvalue weighted by atomic mass is 35.5. The zero-order valence-corrected chi connectivity index (χ0v) is 10.7. The van der Waals surface area contributed by atoms with Gasteiger partial charge in [0.25, 0.3) is 0 Å². The van der Waals surface area contributed by atoms with Gasteiger partial charge in [-0.3, -0.25) is 11.3 Å². The lowest BCUT2D eigenvalue weighted by Crippen LogP contribution is -2.30. The molecule has 3 nitrogen and oxygen atoms in total. The van der Waals surface area contributed by atoms with E-state index in [0.717, 1.165) is 42.4 Å². The van der Waals surface area contributed by atoms with Gasteiger partial charge in [-0.15, -0.1) is 11.3 Å². The molecule has 2 heterocycles. The van der Waals surface area contributed by atoms with Crippen LogP contribution in [0.15, 0.2) is 11.4 Å². The van der Waals surface area contributed by atoms with Crippen molar-refractivity contribution in [2.75, 3.05) is 13.2 Å². The van der Waals surface area contributed by atoms with Gasteiger partial charge in [-0.25, -0.2) is 0 Å². The van der Waals surface area contributed by atoms with Crippen LogP contribution in [0.5, 0.6) is 0 Å². The van der Waals surface area contributed by atoms with E-state index < -0.39 is 0 Å². The minimum Gasteiger partial charge on any atom is -0.381 e. The van der Waals surface area contributed by atoms with E-state index in [2.05, 4.69) is 5.43 Å². The van der Waals surface area contributed by atoms with Crippen LogP contribution in [0.25, 0.3) is 0 Å². The summed E-state index contributed by atoms with van der Waals surface area (Å²) in [6.45, 7) is 1.75. The fourth-order valence-corrected chi connectivity index (χ4v) is 3.38. The molecule has 5 heteroatoms. The molecule has 0 spiro atoms. The van der Waals surface area contributed by atoms with Gasteiger partial charge in [0, 0.05) is 18.1 Å². The molecular weight excluding hydrogens is 244 g/mol. The molecule has 0 saturated carbocycles. The summed E-state index contributed by atoms with van der Waals surface area (Å²) in [5, 5.41) is 2.83. The lowest BCUT2D eigenvalue weighted by atomic mass is 9.92. The molecule has 1 unspecified atom stereocenters. The molecule has 1 aliphatic rings. The fourth-order valence-electron chi connectivity index (χ4n) is 2.12. The van der Waals surface area contributed by atoms with Crippen molar-refractivity contribution in [2.24, 2.45) is 11.8 Å². The molecule has 3 N–H and O–H groups in total. The second kappa shape index (κ2) is 5.98. The van der Waals surface area contributed by atoms with E-state index in [1.807, 2.05) is 11.4 Å². The van der Waals surface area contributed by atoms with Gasteiger partial charge in [0.15, 0.2) is 0 Å². The Hall–Kier alpha value is -0.130. The molecule has 1 saturated heterocycles. The summed E-state index contributed by atoms with van der Waals surface area (Å²) in [4.78, 5) is 1.15. The molecule has 1 aliphatic heterocycles. The third-order valence-corrected chi connectivity index (χ3v) is 4.54. The lowest BCUT2D eigenvalue weighted by Gasteiger charge is -2.26. The van der Waals surface area contributed by atoms with Crippen LogP contribution < -0.4 is 11.3 Å². The number of hydrogen-bond acceptors (Lipinski definition) is 4. The molecule has 0 aromatic carbocycles. The largest absolute Gasteiger partial charge is 0.381 e. The van der Waals surface area contributed by atoms with E-state index in [9.17, 15) is 0 Å². The zero-order valence-electron chi connectivity index (χ0n) is 9.12. The normalized spacial score (nSPS) is 19.9. The predicted molar refractivity (Wildman–Crippen MR) is 67.6 cm³/mol. The molecule has 0 radical (unpaired) electrons. The number of nitrogens with two attached hydrogens (primary N) is 1. The summed E-state index contributed by atoms with van der Waals surface area (Å²) < 4.78 is 5.35. The number of hydrazine groups is 1. The molecule has 1 atom stereocenters. The van der Waals surface area contributed by atoms with Crippen molar-refractivity contribution in [3.8, 4) is 0 Å². The third kappa shape index (κ3) is 2.96. The van der Waals surface area contributed by atoms with Crippen LogP contribution in [-0.2, 0) is 4.74 Å². The van der Waals surface area contributed by atoms with E-state index in [0.29, 0.717) is 5.92 Å². The van der Waals surface area contributed by atoms with E-state index in [4.69, 9.17) is 22.2 Å². The number of rotatable bonds is 4. The number of halogens is 1. The second-order valence-corrected chi connectivity index (χ2v) is 5.50. The molecule has 16 heavy (non-hydrogen) atoms. The highest BCUT2D eigenvalue weighted by Gasteiger charge is 2.21. The Kier molecular flexibility index (Phi) is 4.61. The first-order valence-corrected chi connectivity index (χ1v) is 6.83. The van der Waals surface area contributed by atoms with Crippen LogP contribution in [0.3, 0.4) is 0 Å². The van der Waals surface area contributed by atoms with Crippen molar-refractivity contribution >= 4 is 22.9 Å². The Morgan fingerprint density at radius 1 is 1.56 bits per heavy atom. The summed E-state index contributed by atoms with van der Waals surface area (Å²) in [7, 11) is 0. The van der Waals surface area contributed by atoms with Gasteiger partial charge in [-0.2, -0.15) is 0 Å². The Balaban J connectivity index is 1.97. The average molecular weight is 261 g/mol. The van der Waals surface area contributed by atoms with Crippen molar-refractivity contribution in [1.29, 1.82) is 0 Å². The van der Waals surface area contributed by atoms with Crippen LogP contribution in [0.4, 0.5) is 0 Å². The first-order valence-electron chi connectivity index (χ1n) is 5.58. The summed E-state index contributed by atoms with van der Waals surface area (Å²) in [6, 6.07) is 2.10. The van der Waals surface area contributed by atoms with Crippen molar-refractivity contribution in [3.63, 3.8) is 0 Å². The van der Waals surface area contributed by atoms with E-state index in [1.165, 1.54) is 0 Å². The SMILES string of the molecule is NNC(CC1CCOCC1)c1sccc1Cl. The molecule has 0 amide bonds. The number of ether oxygens (including phenoxy) is 1. The van der Waals surface area contributed by atoms with Crippen LogP contribution in [0, 0.1) is 5.92 Å². The topological polar surface area (TPSA) is 47.3 Å². The summed E-state index contributed by atoms with van der Waals surface area (Å²) in [5.41, 5.74) is 2.88. The number of hydrogen-bond donors (Lipinski definition) is 2. The van der Waals surface area contributed by atoms with Crippen molar-refractivity contribution in [1.82, 2.24) is 5.43 Å². The Morgan fingerprint density at radius 2 is 2.31 bits per heavy atom. The van der Waals surface area contributed by atoms with Gasteiger partial charge >= 0.3 is 0 Å². The number of thiophene rings is 1. The van der Waals surface area contributed by atoms with Gasteiger partial charge < -0.3 is 4.74 Å². The Bertz CT molecular complexity index is 326. The van der Waals surface area contributed by atoms with Crippen LogP contribution >= 0.6 is 22.9 Å². The predicted octanol–water partition coefficient (Wildman–Crippen LogP) is 2.72. The fraction of sp³-hybridized carbons (Fsp3) is 0.636. The summed E-state index contributed by atoms with van der Waals surface area (Å²) >= 11 is 7.79. The quantitative estimate of drug-likeness (QED) is 0.646. The first kappa shape index (κ1) is 12.3. The lowest BCUT2D eigenvalue weighted by molar-refractivity contribution is 0.0606. The summed E-state index contributed by atoms with van der Waals surface area (Å²) in [6.07, 6.45) is 3.29. The van der Waals surface area contributed by atoms with Gasteiger partial charge in [0.1, 0.15) is 0 Å². The van der Waals surface area contributed by atoms with Crippen molar-refractivity contribution in [3.05, 3.63) is 21.3 Å². The maximum atomic E-state index is 6.12. The molecule has 1 fully saturated rings. The highest BCUT2D eigenvalue weighted by molar-refractivity contribution is 7.10. The highest BCUT2D eigenvalue weighted by Crippen LogP contribution is 2.34. The van der Waals surface area contributed by atoms with Crippen LogP contribution in [-0.4, -0.2) is 13.2 Å². The standard InChI is InChI=1S/C11H17ClN2OS/c12-9-3-6-16-11(9)10(14-13)7-8-1-4-15-5-2-8/h3,6,8,10,14H,1-2,4-5,7,13H2. The molecule has 2 rings (SSSR count). The molecule has 1 aromatic heterocycles. The van der Waals surface area contributed by atoms with Crippen LogP contribution in [0.1, 0.15) is 30.2 Å². The monoisotopic (exact) mass is 260 g/mol. The van der Waals surface area contributed by atoms with E-state index in [1.54, 1.807) is 11.3 Å². The van der Waals surface area contributed by atoms with Crippen LogP contribution in [0.2, 0.25) is 5.02 Å². The van der Waals surface area contributed by atoms with E-state index in [-0.39, 0.29) is 6.04 Å². The molecule has 1 aromatic rings. The summed E-state index contributed by atoms with van der Waals surface area (Å²) in [5.74, 6) is 6.30. The number of nitrogens with one attached hydrogen (secondary N) is 1. The maximum Gasteiger partial charge on any atom is 0.0570 e. The van der Waals surface area contributed by atoms with Crippen molar-refractivity contribution in [2.45, 2.75) is 25.3 Å². The molecule has 0 bridgehead atoms. The van der Waals surface area contributed by atoms with Gasteiger partial charge in [-0.05, 0) is 36.6 Å². The minimum atomic E-state index is 0.176. The average Bonchev–Trinajstić information content (AvgIpc) is 2.74. The minimum absolute atomic E-state index is 0.176. The molecule has 0 aliphatic carbocycles. The maximum absolute atomic E-state index is 6.12. The first-order chi connectivity index (χ1) is 7.81. The smallest absolute Gasteiger partial charge is 0.0570 e. The molecular formula is C11H17ClN2OS. The van der Waals surface area contributed by atoms with Gasteiger partial charge in [0.05, 0.1) is 11.1 Å². The van der Waals surface area contributed by atoms with Gasteiger partial charge in [0.2, 0.25) is 0 Å². The van der Waals surface area contributed by atoms with E-state index >= 15 is 0 Å². The second-order valence-electron chi connectivity index (χ2n) is 4.14. The zero-order chi connectivity index (χ0) is 11.4. The Morgan fingerprint density at radius 3 is 2.88 bits per heavy atom. The molecule has 90 valence electrons. The van der Waals surface area contributed by atoms with Crippen molar-refractivity contribution < 1.29 is 4.74 Å². The Labute approximate surface area is 105 Å².